The van der Waals surface area contributed by atoms with Gasteiger partial charge in [0.1, 0.15) is 0 Å². The van der Waals surface area contributed by atoms with Crippen molar-refractivity contribution in [3.05, 3.63) is 0 Å². The highest BCUT2D eigenvalue weighted by molar-refractivity contribution is 8.13. The van der Waals surface area contributed by atoms with Gasteiger partial charge in [-0.15, -0.1) is 0 Å². The lowest BCUT2D eigenvalue weighted by Crippen LogP contribution is -2.23. The molecule has 84 valence electrons. The van der Waals surface area contributed by atoms with Crippen molar-refractivity contribution in [3.63, 3.8) is 0 Å². The summed E-state index contributed by atoms with van der Waals surface area (Å²) in [5, 5.41) is 11.9. The summed E-state index contributed by atoms with van der Waals surface area (Å²) in [4.78, 5) is 4.55. The Hall–Kier alpha value is -0.690. The first kappa shape index (κ1) is 12.4. The predicted molar refractivity (Wildman–Crippen MR) is 65.7 cm³/mol. The molecule has 1 N–H and O–H groups in total. The summed E-state index contributed by atoms with van der Waals surface area (Å²) < 4.78 is 0. The van der Waals surface area contributed by atoms with Crippen molar-refractivity contribution < 1.29 is 0 Å². The monoisotopic (exact) mass is 225 g/mol. The first-order chi connectivity index (χ1) is 7.27. The van der Waals surface area contributed by atoms with Gasteiger partial charge in [0.15, 0.2) is 11.4 Å². The van der Waals surface area contributed by atoms with E-state index in [0.29, 0.717) is 12.0 Å². The van der Waals surface area contributed by atoms with E-state index in [1.54, 1.807) is 0 Å². The molecule has 0 aromatic heterocycles. The molecule has 1 atom stereocenters. The summed E-state index contributed by atoms with van der Waals surface area (Å²) >= 11 is 1.50. The van der Waals surface area contributed by atoms with E-state index >= 15 is 0 Å². The van der Waals surface area contributed by atoms with Crippen LogP contribution >= 0.6 is 11.8 Å². The molecule has 1 saturated carbocycles. The zero-order valence-corrected chi connectivity index (χ0v) is 10.3. The van der Waals surface area contributed by atoms with Gasteiger partial charge in [0.25, 0.3) is 0 Å². The molecule has 0 spiro atoms. The number of nitrogens with zero attached hydrogens (tertiary/aromatic N) is 2. The number of nitrogens with one attached hydrogen (secondary N) is 1. The molecule has 1 aliphatic rings. The zero-order chi connectivity index (χ0) is 11.1. The minimum absolute atomic E-state index is 0.341. The van der Waals surface area contributed by atoms with Crippen LogP contribution in [0.25, 0.3) is 0 Å². The lowest BCUT2D eigenvalue weighted by molar-refractivity contribution is 0.318. The molecule has 0 saturated heterocycles. The van der Waals surface area contributed by atoms with E-state index < -0.39 is 0 Å². The fraction of sp³-hybridized carbons (Fsp3) is 0.818. The fourth-order valence-electron chi connectivity index (χ4n) is 2.09. The number of hydrogen-bond donors (Lipinski definition) is 1. The van der Waals surface area contributed by atoms with Crippen LogP contribution in [0, 0.1) is 17.4 Å². The van der Waals surface area contributed by atoms with Crippen LogP contribution in [0.1, 0.15) is 39.0 Å². The summed E-state index contributed by atoms with van der Waals surface area (Å²) in [5.74, 6) is 0.710. The van der Waals surface area contributed by atoms with Gasteiger partial charge in [-0.05, 0) is 31.9 Å². The number of hydrogen-bond acceptors (Lipinski definition) is 3. The molecule has 1 aliphatic carbocycles. The molecule has 1 fully saturated rings. The molecule has 3 nitrogen and oxygen atoms in total. The van der Waals surface area contributed by atoms with Gasteiger partial charge in [-0.1, -0.05) is 31.0 Å². The first-order valence-corrected chi connectivity index (χ1v) is 6.77. The van der Waals surface area contributed by atoms with E-state index in [1.807, 2.05) is 12.4 Å². The SMILES string of the molecule is CSC(=N[C@@H](C)C1CCCCC1)NC#N. The van der Waals surface area contributed by atoms with Gasteiger partial charge in [-0.2, -0.15) is 5.26 Å². The Kier molecular flexibility index (Phi) is 5.56. The zero-order valence-electron chi connectivity index (χ0n) is 9.49. The molecule has 0 heterocycles. The number of aliphatic imine (C=N–C) groups is 1. The van der Waals surface area contributed by atoms with Crippen molar-refractivity contribution in [2.75, 3.05) is 6.26 Å². The smallest absolute Gasteiger partial charge is 0.183 e. The van der Waals surface area contributed by atoms with Crippen LogP contribution in [0.2, 0.25) is 0 Å². The highest BCUT2D eigenvalue weighted by Gasteiger charge is 2.19. The number of thioether (sulfide) groups is 1. The Balaban J connectivity index is 2.50. The van der Waals surface area contributed by atoms with Gasteiger partial charge < -0.3 is 0 Å². The predicted octanol–water partition coefficient (Wildman–Crippen LogP) is 2.74. The quantitative estimate of drug-likeness (QED) is 0.340. The van der Waals surface area contributed by atoms with Crippen molar-refractivity contribution >= 4 is 16.9 Å². The largest absolute Gasteiger partial charge is 0.272 e. The Morgan fingerprint density at radius 1 is 1.47 bits per heavy atom. The molecule has 0 aliphatic heterocycles. The molecule has 0 unspecified atom stereocenters. The maximum Gasteiger partial charge on any atom is 0.183 e. The van der Waals surface area contributed by atoms with E-state index in [9.17, 15) is 0 Å². The Morgan fingerprint density at radius 3 is 2.67 bits per heavy atom. The molecule has 4 heteroatoms. The molecule has 0 bridgehead atoms. The third-order valence-corrected chi connectivity index (χ3v) is 3.60. The molecule has 1 rings (SSSR count). The summed E-state index contributed by atoms with van der Waals surface area (Å²) in [6.45, 7) is 2.16. The maximum atomic E-state index is 8.54. The van der Waals surface area contributed by atoms with Crippen LogP contribution in [0.15, 0.2) is 4.99 Å². The highest BCUT2D eigenvalue weighted by atomic mass is 32.2. The minimum atomic E-state index is 0.341. The van der Waals surface area contributed by atoms with Gasteiger partial charge in [-0.3, -0.25) is 10.3 Å². The molecule has 0 amide bonds. The first-order valence-electron chi connectivity index (χ1n) is 5.54. The molecule has 15 heavy (non-hydrogen) atoms. The van der Waals surface area contributed by atoms with Gasteiger partial charge in [0.05, 0.1) is 6.04 Å². The van der Waals surface area contributed by atoms with Gasteiger partial charge in [0, 0.05) is 0 Å². The van der Waals surface area contributed by atoms with Crippen molar-refractivity contribution in [1.82, 2.24) is 5.32 Å². The van der Waals surface area contributed by atoms with Gasteiger partial charge >= 0.3 is 0 Å². The van der Waals surface area contributed by atoms with E-state index in [-0.39, 0.29) is 0 Å². The average molecular weight is 225 g/mol. The second kappa shape index (κ2) is 6.73. The number of amidine groups is 1. The summed E-state index contributed by atoms with van der Waals surface area (Å²) in [6.07, 6.45) is 10.5. The highest BCUT2D eigenvalue weighted by Crippen LogP contribution is 2.28. The van der Waals surface area contributed by atoms with Crippen molar-refractivity contribution in [2.45, 2.75) is 45.1 Å². The van der Waals surface area contributed by atoms with E-state index in [1.165, 1.54) is 43.9 Å². The second-order valence-corrected chi connectivity index (χ2v) is 4.81. The van der Waals surface area contributed by atoms with Crippen LogP contribution in [-0.4, -0.2) is 17.5 Å². The van der Waals surface area contributed by atoms with E-state index in [4.69, 9.17) is 5.26 Å². The summed E-state index contributed by atoms with van der Waals surface area (Å²) in [6, 6.07) is 0.341. The van der Waals surface area contributed by atoms with Crippen molar-refractivity contribution in [2.24, 2.45) is 10.9 Å². The van der Waals surface area contributed by atoms with Gasteiger partial charge in [-0.25, -0.2) is 0 Å². The van der Waals surface area contributed by atoms with Crippen LogP contribution in [0.5, 0.6) is 0 Å². The molecular weight excluding hydrogens is 206 g/mol. The third-order valence-electron chi connectivity index (χ3n) is 3.01. The maximum absolute atomic E-state index is 8.54. The topological polar surface area (TPSA) is 48.2 Å². The standard InChI is InChI=1S/C11H19N3S/c1-9(10-6-4-3-5-7-10)14-11(15-2)13-8-12/h9-10H,3-7H2,1-2H3,(H,13,14)/t9-/m0/s1. The van der Waals surface area contributed by atoms with Crippen molar-refractivity contribution in [3.8, 4) is 6.19 Å². The van der Waals surface area contributed by atoms with Crippen LogP contribution in [0.3, 0.4) is 0 Å². The number of rotatable bonds is 2. The molecule has 0 aromatic carbocycles. The van der Waals surface area contributed by atoms with E-state index in [2.05, 4.69) is 17.2 Å². The summed E-state index contributed by atoms with van der Waals surface area (Å²) in [5.41, 5.74) is 0. The van der Waals surface area contributed by atoms with Crippen LogP contribution in [0.4, 0.5) is 0 Å². The van der Waals surface area contributed by atoms with Crippen LogP contribution < -0.4 is 5.32 Å². The molecule has 0 radical (unpaired) electrons. The van der Waals surface area contributed by atoms with Crippen LogP contribution in [-0.2, 0) is 0 Å². The molecule has 0 aromatic rings. The second-order valence-electron chi connectivity index (χ2n) is 4.01. The Bertz CT molecular complexity index is 251. The number of nitriles is 1. The third kappa shape index (κ3) is 4.13. The lowest BCUT2D eigenvalue weighted by Gasteiger charge is -2.25. The van der Waals surface area contributed by atoms with E-state index in [0.717, 1.165) is 5.17 Å². The lowest BCUT2D eigenvalue weighted by atomic mass is 9.85. The minimum Gasteiger partial charge on any atom is -0.272 e. The van der Waals surface area contributed by atoms with Gasteiger partial charge in [0.2, 0.25) is 0 Å². The summed E-state index contributed by atoms with van der Waals surface area (Å²) in [7, 11) is 0. The molecular formula is C11H19N3S. The average Bonchev–Trinajstić information content (AvgIpc) is 2.29. The Morgan fingerprint density at radius 2 is 2.13 bits per heavy atom. The normalized spacial score (nSPS) is 20.7. The Labute approximate surface area is 96.3 Å². The van der Waals surface area contributed by atoms with Crippen molar-refractivity contribution in [1.29, 1.82) is 5.26 Å². The fourth-order valence-corrected chi connectivity index (χ4v) is 2.51.